The summed E-state index contributed by atoms with van der Waals surface area (Å²) >= 11 is 5.90. The number of nitrogens with one attached hydrogen (secondary N) is 2. The molecule has 140 valence electrons. The van der Waals surface area contributed by atoms with E-state index in [-0.39, 0.29) is 23.3 Å². The monoisotopic (exact) mass is 406 g/mol. The average Bonchev–Trinajstić information content (AvgIpc) is 2.93. The van der Waals surface area contributed by atoms with Crippen LogP contribution in [0.4, 0.5) is 11.6 Å². The van der Waals surface area contributed by atoms with Crippen molar-refractivity contribution in [3.8, 4) is 0 Å². The molecule has 1 aromatic carbocycles. The van der Waals surface area contributed by atoms with Crippen LogP contribution in [0.3, 0.4) is 0 Å². The van der Waals surface area contributed by atoms with Crippen molar-refractivity contribution in [2.45, 2.75) is 18.4 Å². The van der Waals surface area contributed by atoms with E-state index in [1.807, 2.05) is 0 Å². The second-order valence-electron chi connectivity index (χ2n) is 5.51. The first kappa shape index (κ1) is 18.8. The number of anilines is 2. The van der Waals surface area contributed by atoms with Crippen molar-refractivity contribution in [1.29, 1.82) is 0 Å². The van der Waals surface area contributed by atoms with Crippen LogP contribution >= 0.6 is 11.6 Å². The maximum absolute atomic E-state index is 12.3. The number of amides is 1. The molecule has 0 saturated heterocycles. The van der Waals surface area contributed by atoms with Gasteiger partial charge in [0.25, 0.3) is 10.0 Å². The molecule has 0 atom stereocenters. The molecule has 0 aliphatic carbocycles. The molecule has 27 heavy (non-hydrogen) atoms. The number of rotatable bonds is 6. The first-order valence-corrected chi connectivity index (χ1v) is 9.59. The smallest absolute Gasteiger partial charge is 0.264 e. The van der Waals surface area contributed by atoms with Crippen LogP contribution in [-0.2, 0) is 21.4 Å². The van der Waals surface area contributed by atoms with Crippen molar-refractivity contribution < 1.29 is 13.2 Å². The molecule has 0 aliphatic rings. The maximum atomic E-state index is 12.3. The minimum Gasteiger partial charge on any atom is -0.324 e. The first-order chi connectivity index (χ1) is 12.8. The van der Waals surface area contributed by atoms with Gasteiger partial charge in [0.05, 0.1) is 15.6 Å². The molecule has 0 saturated carbocycles. The number of carbonyl (C=O) groups is 1. The number of sulfonamides is 1. The minimum atomic E-state index is -3.83. The third kappa shape index (κ3) is 4.80. The van der Waals surface area contributed by atoms with E-state index in [1.54, 1.807) is 19.2 Å². The van der Waals surface area contributed by atoms with Crippen LogP contribution < -0.4 is 10.0 Å². The Labute approximate surface area is 160 Å². The number of aromatic nitrogens is 4. The summed E-state index contributed by atoms with van der Waals surface area (Å²) in [7, 11) is -3.83. The first-order valence-electron chi connectivity index (χ1n) is 7.73. The highest BCUT2D eigenvalue weighted by molar-refractivity contribution is 7.92. The zero-order valence-electron chi connectivity index (χ0n) is 14.1. The molecule has 0 bridgehead atoms. The van der Waals surface area contributed by atoms with Crippen molar-refractivity contribution in [3.63, 3.8) is 0 Å². The fourth-order valence-corrected chi connectivity index (χ4v) is 3.28. The number of carbonyl (C=O) groups excluding carboxylic acids is 1. The standard InChI is InChI=1S/C16H15ClN6O3S/c1-11-14(17)9-23(21-11)10-15(24)20-12-3-5-13(6-4-12)27(25,26)22-16-18-7-2-8-19-16/h2-9H,10H2,1H3,(H,20,24)(H,18,19,22). The predicted molar refractivity (Wildman–Crippen MR) is 99.9 cm³/mol. The van der Waals surface area contributed by atoms with E-state index >= 15 is 0 Å². The molecule has 0 aliphatic heterocycles. The van der Waals surface area contributed by atoms with Crippen LogP contribution in [0.1, 0.15) is 5.69 Å². The molecule has 9 nitrogen and oxygen atoms in total. The molecule has 1 amide bonds. The zero-order chi connectivity index (χ0) is 19.4. The summed E-state index contributed by atoms with van der Waals surface area (Å²) < 4.78 is 28.3. The lowest BCUT2D eigenvalue weighted by atomic mass is 10.3. The topological polar surface area (TPSA) is 119 Å². The van der Waals surface area contributed by atoms with E-state index in [2.05, 4.69) is 25.1 Å². The summed E-state index contributed by atoms with van der Waals surface area (Å²) in [6, 6.07) is 7.29. The third-order valence-corrected chi connectivity index (χ3v) is 5.15. The second-order valence-corrected chi connectivity index (χ2v) is 7.60. The highest BCUT2D eigenvalue weighted by Crippen LogP contribution is 2.17. The Hall–Kier alpha value is -2.98. The van der Waals surface area contributed by atoms with Crippen LogP contribution in [0, 0.1) is 6.92 Å². The summed E-state index contributed by atoms with van der Waals surface area (Å²) in [5.74, 6) is -0.344. The summed E-state index contributed by atoms with van der Waals surface area (Å²) in [6.07, 6.45) is 4.42. The summed E-state index contributed by atoms with van der Waals surface area (Å²) in [5.41, 5.74) is 1.08. The van der Waals surface area contributed by atoms with Gasteiger partial charge in [-0.2, -0.15) is 5.10 Å². The van der Waals surface area contributed by atoms with Crippen molar-refractivity contribution in [2.24, 2.45) is 0 Å². The fraction of sp³-hybridized carbons (Fsp3) is 0.125. The van der Waals surface area contributed by atoms with Gasteiger partial charge in [0.2, 0.25) is 11.9 Å². The molecular formula is C16H15ClN6O3S. The van der Waals surface area contributed by atoms with E-state index in [0.717, 1.165) is 0 Å². The quantitative estimate of drug-likeness (QED) is 0.646. The number of benzene rings is 1. The normalized spacial score (nSPS) is 11.2. The molecule has 2 heterocycles. The van der Waals surface area contributed by atoms with Crippen LogP contribution in [0.15, 0.2) is 53.8 Å². The van der Waals surface area contributed by atoms with Gasteiger partial charge in [-0.25, -0.2) is 23.1 Å². The number of nitrogens with zero attached hydrogens (tertiary/aromatic N) is 4. The predicted octanol–water partition coefficient (Wildman–Crippen LogP) is 2.07. The zero-order valence-corrected chi connectivity index (χ0v) is 15.7. The lowest BCUT2D eigenvalue weighted by Gasteiger charge is -2.08. The molecule has 0 spiro atoms. The largest absolute Gasteiger partial charge is 0.324 e. The van der Waals surface area contributed by atoms with Gasteiger partial charge in [-0.1, -0.05) is 11.6 Å². The molecule has 3 aromatic rings. The number of hydrogen-bond donors (Lipinski definition) is 2. The number of aryl methyl sites for hydroxylation is 1. The van der Waals surface area contributed by atoms with E-state index in [1.165, 1.54) is 41.3 Å². The molecule has 0 fully saturated rings. The van der Waals surface area contributed by atoms with Crippen LogP contribution in [-0.4, -0.2) is 34.1 Å². The highest BCUT2D eigenvalue weighted by atomic mass is 35.5. The van der Waals surface area contributed by atoms with Crippen LogP contribution in [0.2, 0.25) is 5.02 Å². The SMILES string of the molecule is Cc1nn(CC(=O)Nc2ccc(S(=O)(=O)Nc3ncccn3)cc2)cc1Cl. The highest BCUT2D eigenvalue weighted by Gasteiger charge is 2.15. The second kappa shape index (κ2) is 7.72. The van der Waals surface area contributed by atoms with Gasteiger partial charge >= 0.3 is 0 Å². The van der Waals surface area contributed by atoms with E-state index in [9.17, 15) is 13.2 Å². The fourth-order valence-electron chi connectivity index (χ4n) is 2.17. The van der Waals surface area contributed by atoms with E-state index < -0.39 is 10.0 Å². The Morgan fingerprint density at radius 1 is 1.19 bits per heavy atom. The summed E-state index contributed by atoms with van der Waals surface area (Å²) in [4.78, 5) is 19.7. The summed E-state index contributed by atoms with van der Waals surface area (Å²) in [5, 5.41) is 7.25. The third-order valence-electron chi connectivity index (χ3n) is 3.43. The van der Waals surface area contributed by atoms with Gasteiger partial charge in [0.1, 0.15) is 6.54 Å². The Morgan fingerprint density at radius 3 is 2.44 bits per heavy atom. The minimum absolute atomic E-state index is 0.0134. The number of hydrogen-bond acceptors (Lipinski definition) is 6. The van der Waals surface area contributed by atoms with Crippen molar-refractivity contribution in [3.05, 3.63) is 59.6 Å². The van der Waals surface area contributed by atoms with Crippen LogP contribution in [0.5, 0.6) is 0 Å². The Morgan fingerprint density at radius 2 is 1.85 bits per heavy atom. The molecular weight excluding hydrogens is 392 g/mol. The lowest BCUT2D eigenvalue weighted by molar-refractivity contribution is -0.116. The van der Waals surface area contributed by atoms with Gasteiger partial charge in [-0.3, -0.25) is 9.48 Å². The average molecular weight is 407 g/mol. The van der Waals surface area contributed by atoms with Gasteiger partial charge in [-0.05, 0) is 37.3 Å². The van der Waals surface area contributed by atoms with Gasteiger partial charge < -0.3 is 5.32 Å². The molecule has 2 aromatic heterocycles. The van der Waals surface area contributed by atoms with E-state index in [4.69, 9.17) is 11.6 Å². The summed E-state index contributed by atoms with van der Waals surface area (Å²) in [6.45, 7) is 1.73. The molecule has 2 N–H and O–H groups in total. The van der Waals surface area contributed by atoms with Crippen LogP contribution in [0.25, 0.3) is 0 Å². The molecule has 0 radical (unpaired) electrons. The Balaban J connectivity index is 1.65. The maximum Gasteiger partial charge on any atom is 0.264 e. The Bertz CT molecular complexity index is 1030. The van der Waals surface area contributed by atoms with Crippen molar-refractivity contribution in [1.82, 2.24) is 19.7 Å². The van der Waals surface area contributed by atoms with Gasteiger partial charge in [-0.15, -0.1) is 0 Å². The molecule has 0 unspecified atom stereocenters. The van der Waals surface area contributed by atoms with Gasteiger partial charge in [0, 0.05) is 24.3 Å². The molecule has 3 rings (SSSR count). The van der Waals surface area contributed by atoms with Crippen molar-refractivity contribution >= 4 is 39.2 Å². The number of halogens is 1. The molecule has 11 heteroatoms. The van der Waals surface area contributed by atoms with E-state index in [0.29, 0.717) is 16.4 Å². The lowest BCUT2D eigenvalue weighted by Crippen LogP contribution is -2.19. The van der Waals surface area contributed by atoms with Gasteiger partial charge in [0.15, 0.2) is 0 Å². The van der Waals surface area contributed by atoms with Crippen molar-refractivity contribution in [2.75, 3.05) is 10.0 Å². The Kier molecular flexibility index (Phi) is 5.38.